The fourth-order valence-electron chi connectivity index (χ4n) is 3.55. The number of amides is 1. The van der Waals surface area contributed by atoms with Crippen molar-refractivity contribution < 1.29 is 9.18 Å². The first-order valence-electron chi connectivity index (χ1n) is 8.86. The lowest BCUT2D eigenvalue weighted by atomic mass is 9.90. The van der Waals surface area contributed by atoms with Crippen molar-refractivity contribution in [1.82, 2.24) is 14.9 Å². The molecule has 1 aromatic carbocycles. The predicted molar refractivity (Wildman–Crippen MR) is 106 cm³/mol. The van der Waals surface area contributed by atoms with Gasteiger partial charge in [0.15, 0.2) is 0 Å². The fraction of sp³-hybridized carbons (Fsp3) is 0.143. The van der Waals surface area contributed by atoms with Crippen molar-refractivity contribution in [2.45, 2.75) is 13.0 Å². The molecule has 1 amide bonds. The largest absolute Gasteiger partial charge is 0.383 e. The van der Waals surface area contributed by atoms with E-state index in [1.54, 1.807) is 29.3 Å². The molecule has 29 heavy (non-hydrogen) atoms. The molecule has 1 aliphatic heterocycles. The maximum Gasteiger partial charge on any atom is 0.255 e. The molecule has 1 aliphatic rings. The number of pyridine rings is 2. The molecule has 0 aliphatic carbocycles. The highest BCUT2D eigenvalue weighted by atomic mass is 35.5. The van der Waals surface area contributed by atoms with Crippen LogP contribution in [0.25, 0.3) is 11.1 Å². The van der Waals surface area contributed by atoms with Gasteiger partial charge in [-0.1, -0.05) is 17.7 Å². The number of hydrogen-bond acceptors (Lipinski definition) is 5. The van der Waals surface area contributed by atoms with Gasteiger partial charge in [-0.25, -0.2) is 9.37 Å². The Balaban J connectivity index is 1.88. The number of nitriles is 1. The Labute approximate surface area is 171 Å². The number of nitrogens with two attached hydrogens (primary N) is 1. The third-order valence-electron chi connectivity index (χ3n) is 4.90. The van der Waals surface area contributed by atoms with E-state index in [-0.39, 0.29) is 34.4 Å². The molecule has 0 saturated heterocycles. The highest BCUT2D eigenvalue weighted by molar-refractivity contribution is 6.33. The van der Waals surface area contributed by atoms with E-state index in [4.69, 9.17) is 17.3 Å². The number of anilines is 1. The lowest BCUT2D eigenvalue weighted by Gasteiger charge is -2.30. The van der Waals surface area contributed by atoms with Gasteiger partial charge in [0.25, 0.3) is 5.91 Å². The van der Waals surface area contributed by atoms with Gasteiger partial charge in [0.05, 0.1) is 16.3 Å². The van der Waals surface area contributed by atoms with Gasteiger partial charge in [-0.15, -0.1) is 0 Å². The van der Waals surface area contributed by atoms with Crippen molar-refractivity contribution in [3.8, 4) is 17.2 Å². The van der Waals surface area contributed by atoms with Crippen LogP contribution in [0.5, 0.6) is 0 Å². The molecule has 8 heteroatoms. The van der Waals surface area contributed by atoms with Crippen LogP contribution in [0.15, 0.2) is 42.7 Å². The van der Waals surface area contributed by atoms with Crippen LogP contribution < -0.4 is 5.73 Å². The maximum atomic E-state index is 14.7. The number of nitrogens with zero attached hydrogens (tertiary/aromatic N) is 4. The summed E-state index contributed by atoms with van der Waals surface area (Å²) in [4.78, 5) is 22.8. The molecule has 2 aromatic heterocycles. The molecular weight excluding hydrogens is 393 g/mol. The third kappa shape index (κ3) is 3.28. The Morgan fingerprint density at radius 1 is 1.28 bits per heavy atom. The summed E-state index contributed by atoms with van der Waals surface area (Å²) in [5.74, 6) is -0.755. The third-order valence-corrected chi connectivity index (χ3v) is 5.21. The first-order chi connectivity index (χ1) is 14.0. The standard InChI is InChI=1S/C21H15ClFN5O/c22-15-4-1-5-16(23)19(15)18-13(9-24)20(25)27-17-6-8-28(11-14(17)18)21(29)12-3-2-7-26-10-12/h1-5,7,10H,6,8,11H2,(H2,25,27). The molecule has 3 heterocycles. The van der Waals surface area contributed by atoms with Crippen LogP contribution in [0.1, 0.15) is 27.2 Å². The summed E-state index contributed by atoms with van der Waals surface area (Å²) in [6.07, 6.45) is 3.51. The van der Waals surface area contributed by atoms with Crippen LogP contribution in [0, 0.1) is 17.1 Å². The number of nitrogen functional groups attached to an aromatic ring is 1. The van der Waals surface area contributed by atoms with E-state index in [0.717, 1.165) is 0 Å². The topological polar surface area (TPSA) is 95.9 Å². The van der Waals surface area contributed by atoms with Crippen molar-refractivity contribution >= 4 is 23.3 Å². The lowest BCUT2D eigenvalue weighted by molar-refractivity contribution is 0.0733. The van der Waals surface area contributed by atoms with Crippen molar-refractivity contribution in [3.63, 3.8) is 0 Å². The van der Waals surface area contributed by atoms with E-state index in [1.807, 2.05) is 6.07 Å². The number of rotatable bonds is 2. The molecule has 0 spiro atoms. The molecule has 6 nitrogen and oxygen atoms in total. The van der Waals surface area contributed by atoms with Gasteiger partial charge in [0, 0.05) is 48.6 Å². The van der Waals surface area contributed by atoms with E-state index >= 15 is 0 Å². The normalized spacial score (nSPS) is 12.9. The fourth-order valence-corrected chi connectivity index (χ4v) is 3.81. The minimum absolute atomic E-state index is 0.0209. The van der Waals surface area contributed by atoms with Gasteiger partial charge in [0.1, 0.15) is 23.3 Å². The van der Waals surface area contributed by atoms with E-state index in [2.05, 4.69) is 9.97 Å². The summed E-state index contributed by atoms with van der Waals surface area (Å²) >= 11 is 6.28. The molecule has 0 fully saturated rings. The summed E-state index contributed by atoms with van der Waals surface area (Å²) in [5, 5.41) is 9.83. The molecule has 3 aromatic rings. The van der Waals surface area contributed by atoms with Crippen LogP contribution >= 0.6 is 11.6 Å². The summed E-state index contributed by atoms with van der Waals surface area (Å²) in [6.45, 7) is 0.578. The highest BCUT2D eigenvalue weighted by Gasteiger charge is 2.30. The van der Waals surface area contributed by atoms with Crippen molar-refractivity contribution in [3.05, 3.63) is 75.9 Å². The number of halogens is 2. The van der Waals surface area contributed by atoms with E-state index in [1.165, 1.54) is 18.3 Å². The Kier molecular flexibility index (Phi) is 4.87. The maximum absolute atomic E-state index is 14.7. The second-order valence-electron chi connectivity index (χ2n) is 6.60. The molecule has 144 valence electrons. The average molecular weight is 408 g/mol. The summed E-state index contributed by atoms with van der Waals surface area (Å²) < 4.78 is 14.7. The van der Waals surface area contributed by atoms with E-state index in [0.29, 0.717) is 35.3 Å². The van der Waals surface area contributed by atoms with Gasteiger partial charge < -0.3 is 10.6 Å². The van der Waals surface area contributed by atoms with Crippen LogP contribution in [0.2, 0.25) is 5.02 Å². The predicted octanol–water partition coefficient (Wildman–Crippen LogP) is 3.59. The van der Waals surface area contributed by atoms with E-state index in [9.17, 15) is 14.4 Å². The highest BCUT2D eigenvalue weighted by Crippen LogP contribution is 2.40. The zero-order valence-corrected chi connectivity index (χ0v) is 15.9. The van der Waals surface area contributed by atoms with Crippen LogP contribution in [-0.4, -0.2) is 27.3 Å². The van der Waals surface area contributed by atoms with E-state index < -0.39 is 5.82 Å². The smallest absolute Gasteiger partial charge is 0.255 e. The van der Waals surface area contributed by atoms with Crippen molar-refractivity contribution in [1.29, 1.82) is 5.26 Å². The second kappa shape index (κ2) is 7.49. The number of benzene rings is 1. The zero-order valence-electron chi connectivity index (χ0n) is 15.2. The number of carbonyl (C=O) groups is 1. The molecule has 4 rings (SSSR count). The van der Waals surface area contributed by atoms with Crippen LogP contribution in [0.3, 0.4) is 0 Å². The second-order valence-corrected chi connectivity index (χ2v) is 7.01. The summed E-state index contributed by atoms with van der Waals surface area (Å²) in [5.41, 5.74) is 8.08. The number of aromatic nitrogens is 2. The first-order valence-corrected chi connectivity index (χ1v) is 9.24. The quantitative estimate of drug-likeness (QED) is 0.700. The monoisotopic (exact) mass is 407 g/mol. The lowest BCUT2D eigenvalue weighted by Crippen LogP contribution is -2.37. The Morgan fingerprint density at radius 2 is 2.10 bits per heavy atom. The average Bonchev–Trinajstić information content (AvgIpc) is 2.73. The minimum Gasteiger partial charge on any atom is -0.383 e. The number of carbonyl (C=O) groups excluding carboxylic acids is 1. The number of hydrogen-bond donors (Lipinski definition) is 1. The number of fused-ring (bicyclic) bond motifs is 1. The molecule has 0 radical (unpaired) electrons. The summed E-state index contributed by atoms with van der Waals surface area (Å²) in [7, 11) is 0. The van der Waals surface area contributed by atoms with Gasteiger partial charge >= 0.3 is 0 Å². The Bertz CT molecular complexity index is 1140. The van der Waals surface area contributed by atoms with Crippen molar-refractivity contribution in [2.75, 3.05) is 12.3 Å². The van der Waals surface area contributed by atoms with Crippen molar-refractivity contribution in [2.24, 2.45) is 0 Å². The molecular formula is C21H15ClFN5O. The minimum atomic E-state index is -0.572. The van der Waals surface area contributed by atoms with Gasteiger partial charge in [-0.05, 0) is 24.3 Å². The molecule has 0 saturated carbocycles. The van der Waals surface area contributed by atoms with Gasteiger partial charge in [0.2, 0.25) is 0 Å². The molecule has 0 bridgehead atoms. The molecule has 0 atom stereocenters. The van der Waals surface area contributed by atoms with Gasteiger partial charge in [-0.2, -0.15) is 5.26 Å². The molecule has 0 unspecified atom stereocenters. The van der Waals surface area contributed by atoms with Gasteiger partial charge in [-0.3, -0.25) is 9.78 Å². The molecule has 2 N–H and O–H groups in total. The first kappa shape index (κ1) is 18.8. The summed E-state index contributed by atoms with van der Waals surface area (Å²) in [6, 6.07) is 9.69. The Morgan fingerprint density at radius 3 is 2.79 bits per heavy atom. The Hall–Kier alpha value is -3.50. The SMILES string of the molecule is N#Cc1c(N)nc2c(c1-c1c(F)cccc1Cl)CN(C(=O)c1cccnc1)CC2. The van der Waals surface area contributed by atoms with Crippen LogP contribution in [-0.2, 0) is 13.0 Å². The van der Waals surface area contributed by atoms with Crippen LogP contribution in [0.4, 0.5) is 10.2 Å². The zero-order chi connectivity index (χ0) is 20.5.